The van der Waals surface area contributed by atoms with Crippen LogP contribution < -0.4 is 0 Å². The van der Waals surface area contributed by atoms with E-state index in [1.807, 2.05) is 0 Å². The predicted octanol–water partition coefficient (Wildman–Crippen LogP) is 2.73. The third kappa shape index (κ3) is 1.45. The molecule has 6 heteroatoms. The number of nitrogens with zero attached hydrogens (tertiary/aromatic N) is 2. The van der Waals surface area contributed by atoms with Crippen LogP contribution in [0.5, 0.6) is 0 Å². The Bertz CT molecular complexity index is 513. The molecule has 0 saturated heterocycles. The molecule has 80 valence electrons. The maximum atomic E-state index is 13.1. The number of hydrogen-bond donors (Lipinski definition) is 0. The van der Waals surface area contributed by atoms with Crippen molar-refractivity contribution in [2.45, 2.75) is 6.18 Å². The minimum atomic E-state index is -4.57. The Morgan fingerprint density at radius 1 is 1.27 bits per heavy atom. The molecule has 2 aromatic rings. The first-order chi connectivity index (χ1) is 6.91. The van der Waals surface area contributed by atoms with Crippen molar-refractivity contribution >= 4 is 11.0 Å². The van der Waals surface area contributed by atoms with E-state index in [2.05, 4.69) is 4.98 Å². The van der Waals surface area contributed by atoms with Crippen molar-refractivity contribution in [1.29, 1.82) is 0 Å². The van der Waals surface area contributed by atoms with Gasteiger partial charge in [-0.2, -0.15) is 13.2 Å². The molecule has 0 aliphatic rings. The van der Waals surface area contributed by atoms with Crippen LogP contribution >= 0.6 is 0 Å². The van der Waals surface area contributed by atoms with Crippen molar-refractivity contribution in [3.8, 4) is 0 Å². The van der Waals surface area contributed by atoms with Gasteiger partial charge in [-0.3, -0.25) is 0 Å². The number of para-hydroxylation sites is 1. The van der Waals surface area contributed by atoms with E-state index >= 15 is 0 Å². The fraction of sp³-hybridized carbons (Fsp3) is 0.222. The first-order valence-corrected chi connectivity index (χ1v) is 4.09. The van der Waals surface area contributed by atoms with Crippen molar-refractivity contribution in [1.82, 2.24) is 9.55 Å². The van der Waals surface area contributed by atoms with E-state index in [1.165, 1.54) is 19.2 Å². The summed E-state index contributed by atoms with van der Waals surface area (Å²) in [5, 5.41) is 0. The lowest BCUT2D eigenvalue weighted by Gasteiger charge is -2.05. The largest absolute Gasteiger partial charge is 0.449 e. The second-order valence-electron chi connectivity index (χ2n) is 3.10. The van der Waals surface area contributed by atoms with Crippen LogP contribution in [0.25, 0.3) is 11.0 Å². The van der Waals surface area contributed by atoms with Gasteiger partial charge in [-0.25, -0.2) is 9.37 Å². The molecule has 0 bridgehead atoms. The second-order valence-corrected chi connectivity index (χ2v) is 3.10. The number of fused-ring (bicyclic) bond motifs is 1. The summed E-state index contributed by atoms with van der Waals surface area (Å²) in [6.07, 6.45) is -4.57. The van der Waals surface area contributed by atoms with Gasteiger partial charge in [-0.05, 0) is 12.1 Å². The van der Waals surface area contributed by atoms with Crippen LogP contribution in [-0.2, 0) is 13.2 Å². The lowest BCUT2D eigenvalue weighted by molar-refractivity contribution is -0.146. The lowest BCUT2D eigenvalue weighted by atomic mass is 10.3. The fourth-order valence-electron chi connectivity index (χ4n) is 1.43. The molecule has 0 amide bonds. The Labute approximate surface area is 82.1 Å². The van der Waals surface area contributed by atoms with Gasteiger partial charge >= 0.3 is 6.18 Å². The standard InChI is InChI=1S/C9H6F4N2/c1-15-6-4-2-3-5(10)7(6)14-8(15)9(11,12)13/h2-4H,1H3. The van der Waals surface area contributed by atoms with E-state index in [0.717, 1.165) is 10.6 Å². The number of halogens is 4. The zero-order chi connectivity index (χ0) is 11.2. The highest BCUT2D eigenvalue weighted by atomic mass is 19.4. The summed E-state index contributed by atoms with van der Waals surface area (Å²) in [6, 6.07) is 3.82. The van der Waals surface area contributed by atoms with E-state index in [-0.39, 0.29) is 11.0 Å². The quantitative estimate of drug-likeness (QED) is 0.621. The molecule has 2 nitrogen and oxygen atoms in total. The molecular weight excluding hydrogens is 212 g/mol. The monoisotopic (exact) mass is 218 g/mol. The molecule has 0 fully saturated rings. The summed E-state index contributed by atoms with van der Waals surface area (Å²) in [4.78, 5) is 3.25. The first kappa shape index (κ1) is 9.95. The number of imidazole rings is 1. The van der Waals surface area contributed by atoms with Crippen molar-refractivity contribution < 1.29 is 17.6 Å². The molecule has 2 rings (SSSR count). The predicted molar refractivity (Wildman–Crippen MR) is 45.7 cm³/mol. The molecule has 15 heavy (non-hydrogen) atoms. The van der Waals surface area contributed by atoms with Gasteiger partial charge in [-0.1, -0.05) is 6.07 Å². The molecule has 0 aliphatic heterocycles. The lowest BCUT2D eigenvalue weighted by Crippen LogP contribution is -2.12. The van der Waals surface area contributed by atoms with Gasteiger partial charge in [0, 0.05) is 7.05 Å². The van der Waals surface area contributed by atoms with Crippen LogP contribution in [0.2, 0.25) is 0 Å². The number of alkyl halides is 3. The number of aromatic nitrogens is 2. The maximum Gasteiger partial charge on any atom is 0.449 e. The van der Waals surface area contributed by atoms with Gasteiger partial charge in [0.05, 0.1) is 5.52 Å². The number of rotatable bonds is 0. The van der Waals surface area contributed by atoms with Crippen molar-refractivity contribution in [3.05, 3.63) is 29.8 Å². The molecule has 0 aliphatic carbocycles. The molecule has 0 unspecified atom stereocenters. The van der Waals surface area contributed by atoms with Crippen LogP contribution in [0, 0.1) is 5.82 Å². The molecule has 0 saturated carbocycles. The van der Waals surface area contributed by atoms with Crippen LogP contribution in [0.15, 0.2) is 18.2 Å². The van der Waals surface area contributed by atoms with E-state index in [4.69, 9.17) is 0 Å². The first-order valence-electron chi connectivity index (χ1n) is 4.09. The summed E-state index contributed by atoms with van der Waals surface area (Å²) in [5.74, 6) is -1.85. The van der Waals surface area contributed by atoms with E-state index in [0.29, 0.717) is 0 Å². The Balaban J connectivity index is 2.81. The summed E-state index contributed by atoms with van der Waals surface area (Å²) in [7, 11) is 1.21. The number of aryl methyl sites for hydroxylation is 1. The third-order valence-electron chi connectivity index (χ3n) is 2.12. The zero-order valence-corrected chi connectivity index (χ0v) is 7.64. The van der Waals surface area contributed by atoms with Crippen LogP contribution in [0.4, 0.5) is 17.6 Å². The second kappa shape index (κ2) is 2.95. The number of hydrogen-bond acceptors (Lipinski definition) is 1. The van der Waals surface area contributed by atoms with E-state index in [9.17, 15) is 17.6 Å². The normalized spacial score (nSPS) is 12.3. The Morgan fingerprint density at radius 2 is 1.93 bits per heavy atom. The summed E-state index contributed by atoms with van der Waals surface area (Å²) in [5.41, 5.74) is -0.130. The molecule has 0 radical (unpaired) electrons. The fourth-order valence-corrected chi connectivity index (χ4v) is 1.43. The molecule has 1 aromatic carbocycles. The molecule has 1 aromatic heterocycles. The number of benzene rings is 1. The van der Waals surface area contributed by atoms with Crippen molar-refractivity contribution in [2.75, 3.05) is 0 Å². The highest BCUT2D eigenvalue weighted by Crippen LogP contribution is 2.31. The van der Waals surface area contributed by atoms with Crippen LogP contribution in [-0.4, -0.2) is 9.55 Å². The summed E-state index contributed by atoms with van der Waals surface area (Å²) >= 11 is 0. The smallest absolute Gasteiger partial charge is 0.323 e. The zero-order valence-electron chi connectivity index (χ0n) is 7.64. The van der Waals surface area contributed by atoms with Gasteiger partial charge in [0.1, 0.15) is 5.52 Å². The highest BCUT2D eigenvalue weighted by molar-refractivity contribution is 5.76. The summed E-state index contributed by atoms with van der Waals surface area (Å²) in [6.45, 7) is 0. The van der Waals surface area contributed by atoms with Gasteiger partial charge in [0.25, 0.3) is 0 Å². The third-order valence-corrected chi connectivity index (χ3v) is 2.12. The average molecular weight is 218 g/mol. The van der Waals surface area contributed by atoms with Gasteiger partial charge in [-0.15, -0.1) is 0 Å². The Kier molecular flexibility index (Phi) is 1.95. The van der Waals surface area contributed by atoms with Crippen molar-refractivity contribution in [3.63, 3.8) is 0 Å². The molecular formula is C9H6F4N2. The SMILES string of the molecule is Cn1c(C(F)(F)F)nc2c(F)cccc21. The summed E-state index contributed by atoms with van der Waals surface area (Å²) < 4.78 is 51.2. The average Bonchev–Trinajstić information content (AvgIpc) is 2.45. The molecule has 0 atom stereocenters. The van der Waals surface area contributed by atoms with Gasteiger partial charge in [0.2, 0.25) is 5.82 Å². The molecule has 1 heterocycles. The van der Waals surface area contributed by atoms with Crippen molar-refractivity contribution in [2.24, 2.45) is 7.05 Å². The molecule has 0 spiro atoms. The van der Waals surface area contributed by atoms with Gasteiger partial charge < -0.3 is 4.57 Å². The Morgan fingerprint density at radius 3 is 2.47 bits per heavy atom. The minimum Gasteiger partial charge on any atom is -0.323 e. The Hall–Kier alpha value is -1.59. The topological polar surface area (TPSA) is 17.8 Å². The van der Waals surface area contributed by atoms with E-state index < -0.39 is 17.8 Å². The van der Waals surface area contributed by atoms with Gasteiger partial charge in [0.15, 0.2) is 5.82 Å². The minimum absolute atomic E-state index is 0.127. The van der Waals surface area contributed by atoms with Crippen LogP contribution in [0.1, 0.15) is 5.82 Å². The van der Waals surface area contributed by atoms with E-state index in [1.54, 1.807) is 0 Å². The van der Waals surface area contributed by atoms with Crippen LogP contribution in [0.3, 0.4) is 0 Å². The molecule has 0 N–H and O–H groups in total. The maximum absolute atomic E-state index is 13.1. The highest BCUT2D eigenvalue weighted by Gasteiger charge is 2.37.